The molecule has 80 valence electrons. The first-order valence-electron chi connectivity index (χ1n) is 3.93. The highest BCUT2D eigenvalue weighted by atomic mass is 16.5. The van der Waals surface area contributed by atoms with Crippen molar-refractivity contribution in [3.63, 3.8) is 0 Å². The van der Waals surface area contributed by atoms with E-state index in [4.69, 9.17) is 0 Å². The fraction of sp³-hybridized carbons (Fsp3) is 0.625. The second kappa shape index (κ2) is 5.21. The van der Waals surface area contributed by atoms with Crippen LogP contribution in [-0.2, 0) is 19.1 Å². The van der Waals surface area contributed by atoms with Crippen molar-refractivity contribution in [2.75, 3.05) is 34.8 Å². The molecule has 14 heavy (non-hydrogen) atoms. The van der Waals surface area contributed by atoms with Crippen LogP contribution in [0.25, 0.3) is 0 Å². The van der Waals surface area contributed by atoms with Gasteiger partial charge in [-0.25, -0.2) is 4.79 Å². The van der Waals surface area contributed by atoms with Gasteiger partial charge in [0.25, 0.3) is 0 Å². The van der Waals surface area contributed by atoms with Gasteiger partial charge in [-0.2, -0.15) is 0 Å². The highest BCUT2D eigenvalue weighted by Gasteiger charge is 2.21. The van der Waals surface area contributed by atoms with Gasteiger partial charge in [0, 0.05) is 21.1 Å². The van der Waals surface area contributed by atoms with E-state index in [1.54, 1.807) is 14.1 Å². The molecule has 0 aliphatic carbocycles. The highest BCUT2D eigenvalue weighted by molar-refractivity contribution is 6.32. The van der Waals surface area contributed by atoms with Gasteiger partial charge in [0.1, 0.15) is 0 Å². The number of hydrogen-bond acceptors (Lipinski definition) is 4. The third-order valence-corrected chi connectivity index (χ3v) is 1.58. The monoisotopic (exact) mass is 202 g/mol. The number of hydrogen-bond donors (Lipinski definition) is 0. The van der Waals surface area contributed by atoms with E-state index >= 15 is 0 Å². The van der Waals surface area contributed by atoms with Gasteiger partial charge in [0.15, 0.2) is 0 Å². The molecule has 0 aromatic heterocycles. The average molecular weight is 202 g/mol. The van der Waals surface area contributed by atoms with Gasteiger partial charge in [-0.05, 0) is 0 Å². The predicted octanol–water partition coefficient (Wildman–Crippen LogP) is -1.29. The van der Waals surface area contributed by atoms with E-state index in [1.165, 1.54) is 11.9 Å². The maximum Gasteiger partial charge on any atom is 0.396 e. The molecule has 0 radical (unpaired) electrons. The molecule has 6 nitrogen and oxygen atoms in total. The summed E-state index contributed by atoms with van der Waals surface area (Å²) >= 11 is 0. The Balaban J connectivity index is 4.21. The lowest BCUT2D eigenvalue weighted by atomic mass is 10.4. The molecule has 0 rings (SSSR count). The van der Waals surface area contributed by atoms with E-state index in [0.717, 1.165) is 12.0 Å². The third kappa shape index (κ3) is 3.42. The molecular formula is C8H14N2O4. The van der Waals surface area contributed by atoms with Gasteiger partial charge in [0.05, 0.1) is 13.7 Å². The Kier molecular flexibility index (Phi) is 4.62. The van der Waals surface area contributed by atoms with E-state index in [-0.39, 0.29) is 12.5 Å². The number of carbonyl (C=O) groups excluding carboxylic acids is 3. The number of nitrogens with zero attached hydrogens (tertiary/aromatic N) is 2. The summed E-state index contributed by atoms with van der Waals surface area (Å²) in [7, 11) is 5.61. The van der Waals surface area contributed by atoms with Gasteiger partial charge in [-0.3, -0.25) is 9.59 Å². The lowest BCUT2D eigenvalue weighted by molar-refractivity contribution is -0.158. The number of methoxy groups -OCH3 is 1. The second-order valence-electron chi connectivity index (χ2n) is 2.94. The molecule has 0 aromatic rings. The van der Waals surface area contributed by atoms with E-state index in [9.17, 15) is 14.4 Å². The molecule has 0 aliphatic rings. The van der Waals surface area contributed by atoms with Crippen LogP contribution >= 0.6 is 0 Å². The molecule has 0 fully saturated rings. The molecule has 6 heteroatoms. The molecule has 0 saturated heterocycles. The predicted molar refractivity (Wildman–Crippen MR) is 48.3 cm³/mol. The summed E-state index contributed by atoms with van der Waals surface area (Å²) in [5, 5.41) is 0. The normalized spacial score (nSPS) is 9.14. The molecule has 0 saturated carbocycles. The topological polar surface area (TPSA) is 66.9 Å². The Hall–Kier alpha value is -1.59. The fourth-order valence-electron chi connectivity index (χ4n) is 0.659. The molecule has 0 spiro atoms. The molecule has 0 aromatic carbocycles. The minimum atomic E-state index is -0.973. The smallest absolute Gasteiger partial charge is 0.396 e. The van der Waals surface area contributed by atoms with Crippen molar-refractivity contribution in [1.29, 1.82) is 0 Å². The van der Waals surface area contributed by atoms with Crippen LogP contribution < -0.4 is 0 Å². The molecule has 0 aliphatic heterocycles. The zero-order chi connectivity index (χ0) is 11.3. The summed E-state index contributed by atoms with van der Waals surface area (Å²) in [6.07, 6.45) is 0. The Morgan fingerprint density at radius 1 is 1.14 bits per heavy atom. The summed E-state index contributed by atoms with van der Waals surface area (Å²) in [4.78, 5) is 35.4. The van der Waals surface area contributed by atoms with Crippen LogP contribution in [0.15, 0.2) is 0 Å². The SMILES string of the molecule is COC(=O)C(=O)N(C)CC(=O)N(C)C. The van der Waals surface area contributed by atoms with Crippen molar-refractivity contribution < 1.29 is 19.1 Å². The van der Waals surface area contributed by atoms with Crippen molar-refractivity contribution >= 4 is 17.8 Å². The van der Waals surface area contributed by atoms with Gasteiger partial charge in [0.2, 0.25) is 5.91 Å². The number of rotatable bonds is 2. The first-order chi connectivity index (χ1) is 6.40. The Morgan fingerprint density at radius 3 is 2.00 bits per heavy atom. The first-order valence-corrected chi connectivity index (χ1v) is 3.93. The number of ether oxygens (including phenoxy) is 1. The van der Waals surface area contributed by atoms with E-state index in [1.807, 2.05) is 0 Å². The van der Waals surface area contributed by atoms with Crippen LogP contribution in [0.2, 0.25) is 0 Å². The zero-order valence-electron chi connectivity index (χ0n) is 8.73. The fourth-order valence-corrected chi connectivity index (χ4v) is 0.659. The van der Waals surface area contributed by atoms with Crippen molar-refractivity contribution in [1.82, 2.24) is 9.80 Å². The minimum absolute atomic E-state index is 0.138. The van der Waals surface area contributed by atoms with Crippen molar-refractivity contribution in [3.05, 3.63) is 0 Å². The van der Waals surface area contributed by atoms with Gasteiger partial charge in [-0.1, -0.05) is 0 Å². The van der Waals surface area contributed by atoms with Gasteiger partial charge < -0.3 is 14.5 Å². The van der Waals surface area contributed by atoms with Crippen LogP contribution in [0, 0.1) is 0 Å². The van der Waals surface area contributed by atoms with Crippen molar-refractivity contribution in [2.45, 2.75) is 0 Å². The van der Waals surface area contributed by atoms with Crippen LogP contribution in [-0.4, -0.2) is 62.4 Å². The number of carbonyl (C=O) groups is 3. The van der Waals surface area contributed by atoms with E-state index < -0.39 is 11.9 Å². The Labute approximate surface area is 82.4 Å². The van der Waals surface area contributed by atoms with E-state index in [0.29, 0.717) is 0 Å². The number of likely N-dealkylation sites (N-methyl/N-ethyl adjacent to an activating group) is 2. The quantitative estimate of drug-likeness (QED) is 0.412. The Morgan fingerprint density at radius 2 is 1.64 bits per heavy atom. The standard InChI is InChI=1S/C8H14N2O4/c1-9(2)6(11)5-10(3)7(12)8(13)14-4/h5H2,1-4H3. The van der Waals surface area contributed by atoms with Crippen LogP contribution in [0.5, 0.6) is 0 Å². The van der Waals surface area contributed by atoms with Gasteiger partial charge >= 0.3 is 11.9 Å². The Bertz CT molecular complexity index is 250. The van der Waals surface area contributed by atoms with Crippen molar-refractivity contribution in [2.24, 2.45) is 0 Å². The lowest BCUT2D eigenvalue weighted by Gasteiger charge is -2.17. The molecule has 0 bridgehead atoms. The van der Waals surface area contributed by atoms with Crippen molar-refractivity contribution in [3.8, 4) is 0 Å². The molecule has 0 N–H and O–H groups in total. The second-order valence-corrected chi connectivity index (χ2v) is 2.94. The summed E-state index contributed by atoms with van der Waals surface area (Å²) in [6, 6.07) is 0. The number of esters is 1. The molecular weight excluding hydrogens is 188 g/mol. The van der Waals surface area contributed by atoms with E-state index in [2.05, 4.69) is 4.74 Å². The van der Waals surface area contributed by atoms with Gasteiger partial charge in [-0.15, -0.1) is 0 Å². The lowest BCUT2D eigenvalue weighted by Crippen LogP contribution is -2.41. The third-order valence-electron chi connectivity index (χ3n) is 1.58. The maximum atomic E-state index is 11.1. The molecule has 0 heterocycles. The largest absolute Gasteiger partial charge is 0.462 e. The molecule has 0 atom stereocenters. The summed E-state index contributed by atoms with van der Waals surface area (Å²) < 4.78 is 4.22. The van der Waals surface area contributed by atoms with Crippen LogP contribution in [0.1, 0.15) is 0 Å². The first kappa shape index (κ1) is 12.4. The summed E-state index contributed by atoms with van der Waals surface area (Å²) in [6.45, 7) is -0.138. The van der Waals surface area contributed by atoms with Crippen LogP contribution in [0.4, 0.5) is 0 Å². The zero-order valence-corrected chi connectivity index (χ0v) is 8.73. The average Bonchev–Trinajstić information content (AvgIpc) is 2.14. The minimum Gasteiger partial charge on any atom is -0.462 e. The molecule has 0 unspecified atom stereocenters. The van der Waals surface area contributed by atoms with Crippen LogP contribution in [0.3, 0.4) is 0 Å². The highest BCUT2D eigenvalue weighted by Crippen LogP contribution is 1.90. The summed E-state index contributed by atoms with van der Waals surface area (Å²) in [5.41, 5.74) is 0. The maximum absolute atomic E-state index is 11.1. The number of amides is 2. The summed E-state index contributed by atoms with van der Waals surface area (Å²) in [5.74, 6) is -2.06. The molecule has 2 amide bonds.